The molecule has 0 amide bonds. The fraction of sp³-hybridized carbons (Fsp3) is 0.167. The molecule has 0 bridgehead atoms. The molecule has 72 valence electrons. The normalized spacial score (nSPS) is 11.1. The monoisotopic (exact) mass is 192 g/mol. The summed E-state index contributed by atoms with van der Waals surface area (Å²) >= 11 is 0. The number of fused-ring (bicyclic) bond motifs is 1. The van der Waals surface area contributed by atoms with Crippen LogP contribution in [0.5, 0.6) is 0 Å². The molecule has 0 heterocycles. The number of benzene rings is 2. The lowest BCUT2D eigenvalue weighted by atomic mass is 10.0. The highest BCUT2D eigenvalue weighted by atomic mass is 19.3. The third-order valence-corrected chi connectivity index (χ3v) is 2.34. The summed E-state index contributed by atoms with van der Waals surface area (Å²) in [5.74, 6) is 0. The molecule has 0 unspecified atom stereocenters. The smallest absolute Gasteiger partial charge is 0.205 e. The summed E-state index contributed by atoms with van der Waals surface area (Å²) in [5.41, 5.74) is 1.000. The second-order valence-electron chi connectivity index (χ2n) is 3.36. The minimum absolute atomic E-state index is 0.0983. The minimum Gasteiger partial charge on any atom is -0.205 e. The first-order valence-electron chi connectivity index (χ1n) is 4.46. The topological polar surface area (TPSA) is 0 Å². The van der Waals surface area contributed by atoms with E-state index in [2.05, 4.69) is 0 Å². The van der Waals surface area contributed by atoms with E-state index in [9.17, 15) is 8.78 Å². The van der Waals surface area contributed by atoms with Gasteiger partial charge in [-0.25, -0.2) is 8.78 Å². The molecule has 0 N–H and O–H groups in total. The molecule has 0 atom stereocenters. The second kappa shape index (κ2) is 3.37. The van der Waals surface area contributed by atoms with E-state index in [1.807, 2.05) is 31.2 Å². The molecule has 14 heavy (non-hydrogen) atoms. The highest BCUT2D eigenvalue weighted by Crippen LogP contribution is 2.26. The Morgan fingerprint density at radius 1 is 1.07 bits per heavy atom. The van der Waals surface area contributed by atoms with E-state index in [1.54, 1.807) is 12.1 Å². The number of alkyl halides is 2. The lowest BCUT2D eigenvalue weighted by Crippen LogP contribution is -1.87. The van der Waals surface area contributed by atoms with Crippen molar-refractivity contribution in [3.8, 4) is 0 Å². The summed E-state index contributed by atoms with van der Waals surface area (Å²) in [7, 11) is 0. The maximum absolute atomic E-state index is 12.5. The molecule has 0 spiro atoms. The van der Waals surface area contributed by atoms with E-state index < -0.39 is 6.43 Å². The van der Waals surface area contributed by atoms with Crippen LogP contribution in [0.1, 0.15) is 17.6 Å². The number of halogens is 2. The van der Waals surface area contributed by atoms with Gasteiger partial charge in [0.2, 0.25) is 0 Å². The average molecular weight is 192 g/mol. The van der Waals surface area contributed by atoms with Crippen molar-refractivity contribution in [2.45, 2.75) is 13.3 Å². The third-order valence-electron chi connectivity index (χ3n) is 2.34. The number of hydrogen-bond acceptors (Lipinski definition) is 0. The van der Waals surface area contributed by atoms with Gasteiger partial charge in [-0.3, -0.25) is 0 Å². The lowest BCUT2D eigenvalue weighted by Gasteiger charge is -2.05. The summed E-state index contributed by atoms with van der Waals surface area (Å²) in [6, 6.07) is 10.7. The van der Waals surface area contributed by atoms with Gasteiger partial charge in [0, 0.05) is 5.56 Å². The summed E-state index contributed by atoms with van der Waals surface area (Å²) in [6.45, 7) is 1.86. The fourth-order valence-corrected chi connectivity index (χ4v) is 1.66. The first-order chi connectivity index (χ1) is 6.68. The maximum atomic E-state index is 12.5. The van der Waals surface area contributed by atoms with Gasteiger partial charge in [-0.05, 0) is 35.4 Å². The molecular formula is C12H10F2. The van der Waals surface area contributed by atoms with Crippen molar-refractivity contribution in [3.63, 3.8) is 0 Å². The van der Waals surface area contributed by atoms with Crippen LogP contribution in [0.3, 0.4) is 0 Å². The van der Waals surface area contributed by atoms with Crippen molar-refractivity contribution in [1.82, 2.24) is 0 Å². The van der Waals surface area contributed by atoms with Crippen LogP contribution in [0.15, 0.2) is 36.4 Å². The van der Waals surface area contributed by atoms with Crippen molar-refractivity contribution in [2.24, 2.45) is 0 Å². The second-order valence-corrected chi connectivity index (χ2v) is 3.36. The van der Waals surface area contributed by atoms with Gasteiger partial charge < -0.3 is 0 Å². The van der Waals surface area contributed by atoms with E-state index in [4.69, 9.17) is 0 Å². The van der Waals surface area contributed by atoms with Crippen molar-refractivity contribution >= 4 is 10.8 Å². The zero-order valence-corrected chi connectivity index (χ0v) is 7.80. The predicted molar refractivity (Wildman–Crippen MR) is 53.6 cm³/mol. The summed E-state index contributed by atoms with van der Waals surface area (Å²) in [4.78, 5) is 0. The van der Waals surface area contributed by atoms with E-state index in [-0.39, 0.29) is 5.56 Å². The van der Waals surface area contributed by atoms with Crippen LogP contribution in [0.2, 0.25) is 0 Å². The van der Waals surface area contributed by atoms with Gasteiger partial charge in [-0.2, -0.15) is 0 Å². The van der Waals surface area contributed by atoms with Gasteiger partial charge in [-0.15, -0.1) is 0 Å². The van der Waals surface area contributed by atoms with Gasteiger partial charge >= 0.3 is 0 Å². The first kappa shape index (κ1) is 9.13. The summed E-state index contributed by atoms with van der Waals surface area (Å²) in [5, 5.41) is 1.92. The van der Waals surface area contributed by atoms with Gasteiger partial charge in [0.1, 0.15) is 0 Å². The van der Waals surface area contributed by atoms with Crippen molar-refractivity contribution in [3.05, 3.63) is 47.5 Å². The summed E-state index contributed by atoms with van der Waals surface area (Å²) in [6.07, 6.45) is -2.39. The Balaban J connectivity index is 2.72. The van der Waals surface area contributed by atoms with Crippen LogP contribution in [0, 0.1) is 6.92 Å². The Morgan fingerprint density at radius 3 is 2.50 bits per heavy atom. The highest BCUT2D eigenvalue weighted by molar-refractivity contribution is 5.86. The lowest BCUT2D eigenvalue weighted by molar-refractivity contribution is 0.151. The average Bonchev–Trinajstić information content (AvgIpc) is 2.17. The Morgan fingerprint density at radius 2 is 1.79 bits per heavy atom. The quantitative estimate of drug-likeness (QED) is 0.638. The van der Waals surface area contributed by atoms with Crippen molar-refractivity contribution < 1.29 is 8.78 Å². The van der Waals surface area contributed by atoms with Crippen LogP contribution >= 0.6 is 0 Å². The molecule has 0 aliphatic rings. The van der Waals surface area contributed by atoms with Gasteiger partial charge in [-0.1, -0.05) is 24.3 Å². The molecule has 2 heteroatoms. The van der Waals surface area contributed by atoms with Gasteiger partial charge in [0.25, 0.3) is 6.43 Å². The molecule has 0 saturated carbocycles. The maximum Gasteiger partial charge on any atom is 0.263 e. The zero-order valence-electron chi connectivity index (χ0n) is 7.80. The van der Waals surface area contributed by atoms with Crippen LogP contribution in [-0.4, -0.2) is 0 Å². The molecule has 0 fully saturated rings. The highest BCUT2D eigenvalue weighted by Gasteiger charge is 2.08. The minimum atomic E-state index is -2.39. The Bertz CT molecular complexity index is 461. The zero-order chi connectivity index (χ0) is 10.1. The third kappa shape index (κ3) is 1.48. The fourth-order valence-electron chi connectivity index (χ4n) is 1.66. The van der Waals surface area contributed by atoms with Crippen LogP contribution in [0.4, 0.5) is 8.78 Å². The van der Waals surface area contributed by atoms with Gasteiger partial charge in [0.15, 0.2) is 0 Å². The number of rotatable bonds is 1. The molecule has 0 radical (unpaired) electrons. The van der Waals surface area contributed by atoms with Crippen LogP contribution in [0.25, 0.3) is 10.8 Å². The molecule has 2 aromatic carbocycles. The predicted octanol–water partition coefficient (Wildman–Crippen LogP) is 4.09. The molecule has 0 aliphatic heterocycles. The molecule has 0 aromatic heterocycles. The number of aryl methyl sites for hydroxylation is 1. The largest absolute Gasteiger partial charge is 0.263 e. The number of hydrogen-bond donors (Lipinski definition) is 0. The van der Waals surface area contributed by atoms with E-state index in [1.165, 1.54) is 0 Å². The Labute approximate surface area is 81.2 Å². The van der Waals surface area contributed by atoms with Crippen LogP contribution in [-0.2, 0) is 0 Å². The van der Waals surface area contributed by atoms with Crippen molar-refractivity contribution in [1.29, 1.82) is 0 Å². The Hall–Kier alpha value is -1.44. The standard InChI is InChI=1S/C12H10F2/c1-8-6-10(12(13)14)7-9-4-2-3-5-11(8)9/h2-7,12H,1H3. The molecule has 2 aromatic rings. The molecule has 2 rings (SSSR count). The molecular weight excluding hydrogens is 182 g/mol. The van der Waals surface area contributed by atoms with Crippen molar-refractivity contribution in [2.75, 3.05) is 0 Å². The summed E-state index contributed by atoms with van der Waals surface area (Å²) < 4.78 is 24.9. The Kier molecular flexibility index (Phi) is 2.20. The van der Waals surface area contributed by atoms with Crippen LogP contribution < -0.4 is 0 Å². The molecule has 0 aliphatic carbocycles. The van der Waals surface area contributed by atoms with E-state index in [0.717, 1.165) is 16.3 Å². The van der Waals surface area contributed by atoms with E-state index in [0.29, 0.717) is 0 Å². The SMILES string of the molecule is Cc1cc(C(F)F)cc2ccccc12. The molecule has 0 nitrogen and oxygen atoms in total. The van der Waals surface area contributed by atoms with E-state index >= 15 is 0 Å². The first-order valence-corrected chi connectivity index (χ1v) is 4.46. The molecule has 0 saturated heterocycles. The van der Waals surface area contributed by atoms with Gasteiger partial charge in [0.05, 0.1) is 0 Å².